The van der Waals surface area contributed by atoms with Crippen LogP contribution in [0.4, 0.5) is 20.6 Å². The molecule has 0 radical (unpaired) electrons. The average molecular weight is 412 g/mol. The predicted octanol–water partition coefficient (Wildman–Crippen LogP) is 4.22. The molecule has 0 atom stereocenters. The first-order valence-electron chi connectivity index (χ1n) is 9.34. The van der Waals surface area contributed by atoms with E-state index >= 15 is 0 Å². The number of ether oxygens (including phenoxy) is 1. The molecule has 0 saturated carbocycles. The highest BCUT2D eigenvalue weighted by Gasteiger charge is 2.21. The van der Waals surface area contributed by atoms with Gasteiger partial charge in [-0.25, -0.2) is 14.2 Å². The standard InChI is InChI=1S/C21H21FN4O2S/c22-16-4-6-19(7-5-16)25-8-10-26(11-9-25)21(27)24-17-2-1-3-20(12-17)28-13-18-14-29-15-23-18/h1-7,12,14-15H,8-11,13H2,(H,24,27). The van der Waals surface area contributed by atoms with E-state index in [9.17, 15) is 9.18 Å². The third-order valence-corrected chi connectivity index (χ3v) is 5.35. The highest BCUT2D eigenvalue weighted by molar-refractivity contribution is 7.07. The van der Waals surface area contributed by atoms with E-state index in [1.165, 1.54) is 23.5 Å². The number of nitrogens with one attached hydrogen (secondary N) is 1. The van der Waals surface area contributed by atoms with Crippen LogP contribution in [-0.4, -0.2) is 42.1 Å². The first-order valence-corrected chi connectivity index (χ1v) is 10.3. The number of halogens is 1. The fourth-order valence-electron chi connectivity index (χ4n) is 3.15. The van der Waals surface area contributed by atoms with Gasteiger partial charge < -0.3 is 19.9 Å². The zero-order chi connectivity index (χ0) is 20.1. The van der Waals surface area contributed by atoms with Gasteiger partial charge in [0.05, 0.1) is 11.2 Å². The molecule has 8 heteroatoms. The number of benzene rings is 2. The Balaban J connectivity index is 1.29. The van der Waals surface area contributed by atoms with Gasteiger partial charge in [-0.15, -0.1) is 11.3 Å². The van der Waals surface area contributed by atoms with Gasteiger partial charge in [0.1, 0.15) is 18.2 Å². The van der Waals surface area contributed by atoms with Crippen LogP contribution in [0, 0.1) is 5.82 Å². The molecule has 6 nitrogen and oxygen atoms in total. The van der Waals surface area contributed by atoms with Gasteiger partial charge in [0.15, 0.2) is 0 Å². The zero-order valence-corrected chi connectivity index (χ0v) is 16.6. The van der Waals surface area contributed by atoms with E-state index in [1.54, 1.807) is 28.6 Å². The molecule has 1 fully saturated rings. The molecule has 4 rings (SSSR count). The molecular formula is C21H21FN4O2S. The maximum absolute atomic E-state index is 13.1. The van der Waals surface area contributed by atoms with Crippen LogP contribution in [0.25, 0.3) is 0 Å². The van der Waals surface area contributed by atoms with Gasteiger partial charge in [-0.2, -0.15) is 0 Å². The van der Waals surface area contributed by atoms with Gasteiger partial charge in [0.25, 0.3) is 0 Å². The van der Waals surface area contributed by atoms with E-state index in [0.717, 1.165) is 11.4 Å². The lowest BCUT2D eigenvalue weighted by Crippen LogP contribution is -2.50. The maximum atomic E-state index is 13.1. The summed E-state index contributed by atoms with van der Waals surface area (Å²) in [5.41, 5.74) is 4.30. The van der Waals surface area contributed by atoms with Crippen LogP contribution < -0.4 is 15.0 Å². The minimum absolute atomic E-state index is 0.139. The van der Waals surface area contributed by atoms with Crippen molar-refractivity contribution < 1.29 is 13.9 Å². The smallest absolute Gasteiger partial charge is 0.321 e. The maximum Gasteiger partial charge on any atom is 0.321 e. The van der Waals surface area contributed by atoms with E-state index in [1.807, 2.05) is 23.6 Å². The minimum Gasteiger partial charge on any atom is -0.487 e. The third kappa shape index (κ3) is 5.03. The van der Waals surface area contributed by atoms with Crippen LogP contribution in [0.3, 0.4) is 0 Å². The number of amides is 2. The molecular weight excluding hydrogens is 391 g/mol. The van der Waals surface area contributed by atoms with Gasteiger partial charge in [-0.3, -0.25) is 0 Å². The Morgan fingerprint density at radius 3 is 2.66 bits per heavy atom. The van der Waals surface area contributed by atoms with E-state index in [4.69, 9.17) is 4.74 Å². The van der Waals surface area contributed by atoms with Crippen molar-refractivity contribution in [3.63, 3.8) is 0 Å². The molecule has 1 aromatic heterocycles. The zero-order valence-electron chi connectivity index (χ0n) is 15.8. The lowest BCUT2D eigenvalue weighted by Gasteiger charge is -2.36. The molecule has 1 N–H and O–H groups in total. The molecule has 0 bridgehead atoms. The van der Waals surface area contributed by atoms with Gasteiger partial charge in [-0.1, -0.05) is 6.07 Å². The summed E-state index contributed by atoms with van der Waals surface area (Å²) in [7, 11) is 0. The summed E-state index contributed by atoms with van der Waals surface area (Å²) in [5.74, 6) is 0.432. The van der Waals surface area contributed by atoms with Gasteiger partial charge in [0.2, 0.25) is 0 Å². The minimum atomic E-state index is -0.246. The van der Waals surface area contributed by atoms with Crippen LogP contribution in [0.2, 0.25) is 0 Å². The molecule has 2 amide bonds. The first-order chi connectivity index (χ1) is 14.2. The van der Waals surface area contributed by atoms with Crippen molar-refractivity contribution in [2.45, 2.75) is 6.61 Å². The molecule has 0 spiro atoms. The summed E-state index contributed by atoms with van der Waals surface area (Å²) in [4.78, 5) is 20.7. The number of urea groups is 1. The van der Waals surface area contributed by atoms with E-state index in [0.29, 0.717) is 44.2 Å². The molecule has 2 aromatic carbocycles. The molecule has 1 aliphatic rings. The van der Waals surface area contributed by atoms with Gasteiger partial charge in [0, 0.05) is 49.0 Å². The average Bonchev–Trinajstić information content (AvgIpc) is 3.27. The Bertz CT molecular complexity index is 942. The monoisotopic (exact) mass is 412 g/mol. The lowest BCUT2D eigenvalue weighted by atomic mass is 10.2. The first kappa shape index (κ1) is 19.2. The number of nitrogens with zero attached hydrogens (tertiary/aromatic N) is 3. The summed E-state index contributed by atoms with van der Waals surface area (Å²) in [6.45, 7) is 3.00. The number of aromatic nitrogens is 1. The topological polar surface area (TPSA) is 57.7 Å². The molecule has 150 valence electrons. The molecule has 0 aliphatic carbocycles. The van der Waals surface area contributed by atoms with Crippen LogP contribution in [0.1, 0.15) is 5.69 Å². The van der Waals surface area contributed by atoms with Gasteiger partial charge in [-0.05, 0) is 36.4 Å². The van der Waals surface area contributed by atoms with Crippen molar-refractivity contribution in [3.05, 3.63) is 70.9 Å². The number of carbonyl (C=O) groups is 1. The Morgan fingerprint density at radius 1 is 1.14 bits per heavy atom. The highest BCUT2D eigenvalue weighted by Crippen LogP contribution is 2.20. The van der Waals surface area contributed by atoms with E-state index in [-0.39, 0.29) is 11.8 Å². The van der Waals surface area contributed by atoms with Crippen molar-refractivity contribution in [2.75, 3.05) is 36.4 Å². The van der Waals surface area contributed by atoms with Crippen molar-refractivity contribution in [1.82, 2.24) is 9.88 Å². The Morgan fingerprint density at radius 2 is 1.93 bits per heavy atom. The molecule has 1 saturated heterocycles. The fourth-order valence-corrected chi connectivity index (χ4v) is 3.69. The largest absolute Gasteiger partial charge is 0.487 e. The van der Waals surface area contributed by atoms with E-state index in [2.05, 4.69) is 15.2 Å². The number of piperazine rings is 1. The second-order valence-electron chi connectivity index (χ2n) is 6.68. The third-order valence-electron chi connectivity index (χ3n) is 4.71. The van der Waals surface area contributed by atoms with Crippen molar-refractivity contribution in [3.8, 4) is 5.75 Å². The summed E-state index contributed by atoms with van der Waals surface area (Å²) in [6.07, 6.45) is 0. The number of rotatable bonds is 5. The fraction of sp³-hybridized carbons (Fsp3) is 0.238. The van der Waals surface area contributed by atoms with Gasteiger partial charge >= 0.3 is 6.03 Å². The summed E-state index contributed by atoms with van der Waals surface area (Å²) < 4.78 is 18.8. The number of carbonyl (C=O) groups excluding carboxylic acids is 1. The molecule has 1 aliphatic heterocycles. The lowest BCUT2D eigenvalue weighted by molar-refractivity contribution is 0.208. The SMILES string of the molecule is O=C(Nc1cccc(OCc2cscn2)c1)N1CCN(c2ccc(F)cc2)CC1. The van der Waals surface area contributed by atoms with Crippen LogP contribution in [0.15, 0.2) is 59.4 Å². The van der Waals surface area contributed by atoms with Crippen molar-refractivity contribution >= 4 is 28.7 Å². The Hall–Kier alpha value is -3.13. The highest BCUT2D eigenvalue weighted by atomic mass is 32.1. The number of hydrogen-bond acceptors (Lipinski definition) is 5. The normalized spacial score (nSPS) is 14.0. The second-order valence-corrected chi connectivity index (χ2v) is 7.40. The van der Waals surface area contributed by atoms with Crippen LogP contribution >= 0.6 is 11.3 Å². The van der Waals surface area contributed by atoms with Crippen LogP contribution in [-0.2, 0) is 6.61 Å². The number of hydrogen-bond donors (Lipinski definition) is 1. The Labute approximate surface area is 172 Å². The molecule has 29 heavy (non-hydrogen) atoms. The molecule has 0 unspecified atom stereocenters. The molecule has 3 aromatic rings. The predicted molar refractivity (Wildman–Crippen MR) is 112 cm³/mol. The number of thiazole rings is 1. The quantitative estimate of drug-likeness (QED) is 0.682. The summed E-state index contributed by atoms with van der Waals surface area (Å²) >= 11 is 1.53. The summed E-state index contributed by atoms with van der Waals surface area (Å²) in [6, 6.07) is 13.6. The second kappa shape index (κ2) is 8.91. The van der Waals surface area contributed by atoms with E-state index < -0.39 is 0 Å². The number of anilines is 2. The summed E-state index contributed by atoms with van der Waals surface area (Å²) in [5, 5.41) is 4.87. The van der Waals surface area contributed by atoms with Crippen molar-refractivity contribution in [2.24, 2.45) is 0 Å². The van der Waals surface area contributed by atoms with Crippen molar-refractivity contribution in [1.29, 1.82) is 0 Å². The Kier molecular flexibility index (Phi) is 5.90. The molecule has 2 heterocycles. The van der Waals surface area contributed by atoms with Crippen LogP contribution in [0.5, 0.6) is 5.75 Å².